The molecule has 0 unspecified atom stereocenters. The minimum Gasteiger partial charge on any atom is -0.393 e. The minimum atomic E-state index is -0.632. The summed E-state index contributed by atoms with van der Waals surface area (Å²) in [7, 11) is 0. The van der Waals surface area contributed by atoms with Gasteiger partial charge in [0.25, 0.3) is 16.9 Å². The zero-order valence-electron chi connectivity index (χ0n) is 10.6. The molecule has 0 aliphatic heterocycles. The zero-order valence-corrected chi connectivity index (χ0v) is 10.6. The fourth-order valence-electron chi connectivity index (χ4n) is 1.83. The number of anilines is 1. The number of benzene rings is 1. The molecule has 2 rings (SSSR count). The predicted molar refractivity (Wildman–Crippen MR) is 74.0 cm³/mol. The monoisotopic (exact) mass is 290 g/mol. The van der Waals surface area contributed by atoms with E-state index in [1.807, 2.05) is 0 Å². The molecule has 0 amide bonds. The third-order valence-electron chi connectivity index (χ3n) is 2.89. The van der Waals surface area contributed by atoms with Gasteiger partial charge in [0, 0.05) is 23.8 Å². The fourth-order valence-corrected chi connectivity index (χ4v) is 1.83. The molecule has 0 spiro atoms. The molecule has 2 N–H and O–H groups in total. The third-order valence-corrected chi connectivity index (χ3v) is 2.89. The van der Waals surface area contributed by atoms with Crippen LogP contribution in [0.25, 0.3) is 0 Å². The second kappa shape index (κ2) is 5.41. The minimum absolute atomic E-state index is 0.0686. The number of hydrogen-bond donors (Lipinski definition) is 1. The number of nitrogens with zero attached hydrogens (tertiary/aromatic N) is 3. The molecule has 0 bridgehead atoms. The van der Waals surface area contributed by atoms with Crippen LogP contribution in [0.2, 0.25) is 0 Å². The van der Waals surface area contributed by atoms with Gasteiger partial charge in [-0.25, -0.2) is 0 Å². The summed E-state index contributed by atoms with van der Waals surface area (Å²) in [6.07, 6.45) is 1.07. The molecular formula is C12H10N4O5. The maximum atomic E-state index is 11.7. The van der Waals surface area contributed by atoms with E-state index in [2.05, 4.69) is 0 Å². The predicted octanol–water partition coefficient (Wildman–Crippen LogP) is 1.30. The number of nitrogen functional groups attached to an aromatic ring is 1. The van der Waals surface area contributed by atoms with Gasteiger partial charge >= 0.3 is 0 Å². The largest absolute Gasteiger partial charge is 0.393 e. The van der Waals surface area contributed by atoms with Gasteiger partial charge in [-0.2, -0.15) is 0 Å². The van der Waals surface area contributed by atoms with Crippen LogP contribution >= 0.6 is 0 Å². The lowest BCUT2D eigenvalue weighted by Gasteiger charge is -2.08. The molecule has 2 aromatic rings. The van der Waals surface area contributed by atoms with Gasteiger partial charge in [0.15, 0.2) is 0 Å². The van der Waals surface area contributed by atoms with Crippen LogP contribution in [0, 0.1) is 20.2 Å². The number of hydrogen-bond acceptors (Lipinski definition) is 6. The summed E-state index contributed by atoms with van der Waals surface area (Å²) in [5, 5.41) is 21.5. The van der Waals surface area contributed by atoms with Gasteiger partial charge in [0.2, 0.25) is 0 Å². The Labute approximate surface area is 117 Å². The summed E-state index contributed by atoms with van der Waals surface area (Å²) in [6.45, 7) is -0.0893. The lowest BCUT2D eigenvalue weighted by Crippen LogP contribution is -2.20. The fraction of sp³-hybridized carbons (Fsp3) is 0.0833. The van der Waals surface area contributed by atoms with E-state index in [9.17, 15) is 25.0 Å². The van der Waals surface area contributed by atoms with E-state index >= 15 is 0 Å². The van der Waals surface area contributed by atoms with Crippen molar-refractivity contribution in [3.8, 4) is 0 Å². The molecule has 0 aliphatic rings. The van der Waals surface area contributed by atoms with Crippen molar-refractivity contribution in [2.75, 3.05) is 5.73 Å². The first-order chi connectivity index (χ1) is 9.90. The lowest BCUT2D eigenvalue weighted by molar-refractivity contribution is -0.385. The smallest absolute Gasteiger partial charge is 0.292 e. The van der Waals surface area contributed by atoms with Crippen LogP contribution in [0.4, 0.5) is 17.1 Å². The maximum Gasteiger partial charge on any atom is 0.292 e. The van der Waals surface area contributed by atoms with Crippen molar-refractivity contribution in [2.45, 2.75) is 6.54 Å². The first-order valence-electron chi connectivity index (χ1n) is 5.77. The van der Waals surface area contributed by atoms with Gasteiger partial charge in [-0.05, 0) is 0 Å². The molecule has 1 aromatic carbocycles. The SMILES string of the molecule is Nc1c(Cn2cc([N+](=O)[O-])ccc2=O)cccc1[N+](=O)[O-]. The quantitative estimate of drug-likeness (QED) is 0.512. The molecule has 108 valence electrons. The topological polar surface area (TPSA) is 134 Å². The van der Waals surface area contributed by atoms with Crippen LogP contribution in [-0.2, 0) is 6.54 Å². The second-order valence-corrected chi connectivity index (χ2v) is 4.22. The summed E-state index contributed by atoms with van der Waals surface area (Å²) in [5.74, 6) is 0. The Morgan fingerprint density at radius 3 is 2.43 bits per heavy atom. The van der Waals surface area contributed by atoms with Crippen molar-refractivity contribution in [3.05, 3.63) is 72.7 Å². The summed E-state index contributed by atoms with van der Waals surface area (Å²) >= 11 is 0. The number of pyridine rings is 1. The first-order valence-corrected chi connectivity index (χ1v) is 5.77. The number of nitrogens with two attached hydrogens (primary N) is 1. The highest BCUT2D eigenvalue weighted by molar-refractivity contribution is 5.63. The molecule has 1 heterocycles. The Morgan fingerprint density at radius 1 is 1.10 bits per heavy atom. The summed E-state index contributed by atoms with van der Waals surface area (Å²) < 4.78 is 1.08. The Morgan fingerprint density at radius 2 is 1.81 bits per heavy atom. The van der Waals surface area contributed by atoms with Gasteiger partial charge in [-0.1, -0.05) is 12.1 Å². The zero-order chi connectivity index (χ0) is 15.6. The molecule has 0 atom stereocenters. The van der Waals surface area contributed by atoms with Crippen molar-refractivity contribution in [2.24, 2.45) is 0 Å². The van der Waals surface area contributed by atoms with Gasteiger partial charge in [-0.15, -0.1) is 0 Å². The number of aromatic nitrogens is 1. The van der Waals surface area contributed by atoms with Crippen LogP contribution in [0.5, 0.6) is 0 Å². The van der Waals surface area contributed by atoms with Gasteiger partial charge in [-0.3, -0.25) is 25.0 Å². The Bertz CT molecular complexity index is 783. The molecule has 0 saturated carbocycles. The van der Waals surface area contributed by atoms with Crippen LogP contribution in [0.3, 0.4) is 0 Å². The van der Waals surface area contributed by atoms with E-state index in [1.165, 1.54) is 18.2 Å². The molecule has 0 fully saturated rings. The summed E-state index contributed by atoms with van der Waals surface area (Å²) in [6, 6.07) is 6.36. The first kappa shape index (κ1) is 14.2. The molecule has 0 saturated heterocycles. The van der Waals surface area contributed by atoms with Crippen molar-refractivity contribution in [1.29, 1.82) is 0 Å². The van der Waals surface area contributed by atoms with E-state index in [4.69, 9.17) is 5.73 Å². The maximum absolute atomic E-state index is 11.7. The number of nitro groups is 2. The van der Waals surface area contributed by atoms with Crippen molar-refractivity contribution >= 4 is 17.1 Å². The molecule has 1 aromatic heterocycles. The van der Waals surface area contributed by atoms with Crippen molar-refractivity contribution < 1.29 is 9.85 Å². The van der Waals surface area contributed by atoms with Gasteiger partial charge in [0.05, 0.1) is 22.6 Å². The van der Waals surface area contributed by atoms with Crippen LogP contribution in [0.15, 0.2) is 41.3 Å². The Kier molecular flexibility index (Phi) is 3.65. The molecule has 9 heteroatoms. The van der Waals surface area contributed by atoms with E-state index in [-0.39, 0.29) is 23.6 Å². The van der Waals surface area contributed by atoms with Crippen LogP contribution in [0.1, 0.15) is 5.56 Å². The number of nitro benzene ring substituents is 1. The second-order valence-electron chi connectivity index (χ2n) is 4.22. The average Bonchev–Trinajstić information content (AvgIpc) is 2.42. The Hall–Kier alpha value is -3.23. The molecule has 9 nitrogen and oxygen atoms in total. The Balaban J connectivity index is 2.46. The van der Waals surface area contributed by atoms with E-state index < -0.39 is 15.4 Å². The highest BCUT2D eigenvalue weighted by Gasteiger charge is 2.15. The van der Waals surface area contributed by atoms with Gasteiger partial charge < -0.3 is 10.3 Å². The third kappa shape index (κ3) is 2.86. The normalized spacial score (nSPS) is 10.3. The highest BCUT2D eigenvalue weighted by atomic mass is 16.6. The number of rotatable bonds is 4. The van der Waals surface area contributed by atoms with E-state index in [1.54, 1.807) is 0 Å². The van der Waals surface area contributed by atoms with Gasteiger partial charge in [0.1, 0.15) is 5.69 Å². The van der Waals surface area contributed by atoms with E-state index in [0.717, 1.165) is 22.9 Å². The lowest BCUT2D eigenvalue weighted by atomic mass is 10.1. The molecule has 21 heavy (non-hydrogen) atoms. The molecule has 0 radical (unpaired) electrons. The summed E-state index contributed by atoms with van der Waals surface area (Å²) in [4.78, 5) is 31.9. The standard InChI is InChI=1S/C12H10N4O5/c13-12-8(2-1-3-10(12)16(20)21)6-14-7-9(15(18)19)4-5-11(14)17/h1-5,7H,6,13H2. The molecular weight excluding hydrogens is 280 g/mol. The average molecular weight is 290 g/mol. The highest BCUT2D eigenvalue weighted by Crippen LogP contribution is 2.25. The van der Waals surface area contributed by atoms with E-state index in [0.29, 0.717) is 5.56 Å². The molecule has 0 aliphatic carbocycles. The van der Waals surface area contributed by atoms with Crippen LogP contribution < -0.4 is 11.3 Å². The van der Waals surface area contributed by atoms with Crippen LogP contribution in [-0.4, -0.2) is 14.4 Å². The van der Waals surface area contributed by atoms with Crippen molar-refractivity contribution in [1.82, 2.24) is 4.57 Å². The summed E-state index contributed by atoms with van der Waals surface area (Å²) in [5.41, 5.74) is 4.97. The number of para-hydroxylation sites is 1. The van der Waals surface area contributed by atoms with Crippen molar-refractivity contribution in [3.63, 3.8) is 0 Å².